The smallest absolute Gasteiger partial charge is 0.410 e. The first-order chi connectivity index (χ1) is 13.8. The zero-order valence-corrected chi connectivity index (χ0v) is 19.9. The molecule has 0 aliphatic carbocycles. The number of carbonyl (C=O) groups is 3. The van der Waals surface area contributed by atoms with Gasteiger partial charge in [0.1, 0.15) is 23.3 Å². The first kappa shape index (κ1) is 27.8. The Morgan fingerprint density at radius 3 is 2.17 bits per heavy atom. The first-order valence-electron chi connectivity index (χ1n) is 9.79. The maximum atomic E-state index is 12.3. The van der Waals surface area contributed by atoms with E-state index < -0.39 is 42.0 Å². The van der Waals surface area contributed by atoms with Crippen molar-refractivity contribution >= 4 is 29.9 Å². The van der Waals surface area contributed by atoms with Crippen molar-refractivity contribution in [3.05, 3.63) is 0 Å². The molecule has 0 radical (unpaired) electrons. The molecule has 0 rings (SSSR count). The molecule has 0 fully saturated rings. The van der Waals surface area contributed by atoms with Gasteiger partial charge in [0, 0.05) is 6.54 Å². The zero-order chi connectivity index (χ0) is 23.4. The summed E-state index contributed by atoms with van der Waals surface area (Å²) in [5.74, 6) is -0.214. The van der Waals surface area contributed by atoms with Crippen LogP contribution in [0.2, 0.25) is 0 Å². The number of nitrogens with zero attached hydrogens (tertiary/aromatic N) is 2. The third-order valence-electron chi connectivity index (χ3n) is 3.36. The van der Waals surface area contributed by atoms with Crippen LogP contribution in [0.5, 0.6) is 0 Å². The summed E-state index contributed by atoms with van der Waals surface area (Å²) < 4.78 is 15.4. The lowest BCUT2D eigenvalue weighted by atomic mass is 10.1. The molecule has 172 valence electrons. The number of thioether (sulfide) groups is 1. The van der Waals surface area contributed by atoms with Crippen LogP contribution in [0.3, 0.4) is 0 Å². The average molecular weight is 446 g/mol. The van der Waals surface area contributed by atoms with Gasteiger partial charge in [0.05, 0.1) is 5.88 Å². The highest BCUT2D eigenvalue weighted by Gasteiger charge is 2.26. The van der Waals surface area contributed by atoms with Crippen molar-refractivity contribution in [2.45, 2.75) is 78.0 Å². The molecule has 0 saturated carbocycles. The molecule has 1 atom stereocenters. The van der Waals surface area contributed by atoms with Gasteiger partial charge in [0.25, 0.3) is 0 Å². The SMILES string of the molecule is CSCN(CCCCC(NC(=O)OC(C)(C)C)C(=O)OCC#N)C(=O)OC(C)(C)C. The lowest BCUT2D eigenvalue weighted by Crippen LogP contribution is -2.44. The fourth-order valence-electron chi connectivity index (χ4n) is 2.24. The van der Waals surface area contributed by atoms with Gasteiger partial charge in [-0.3, -0.25) is 4.90 Å². The molecule has 0 heterocycles. The van der Waals surface area contributed by atoms with Crippen LogP contribution in [0.4, 0.5) is 9.59 Å². The van der Waals surface area contributed by atoms with Gasteiger partial charge in [-0.1, -0.05) is 0 Å². The van der Waals surface area contributed by atoms with Crippen molar-refractivity contribution in [1.82, 2.24) is 10.2 Å². The number of amides is 2. The fourth-order valence-corrected chi connectivity index (χ4v) is 2.79. The summed E-state index contributed by atoms with van der Waals surface area (Å²) in [5.41, 5.74) is -1.29. The maximum Gasteiger partial charge on any atom is 0.410 e. The van der Waals surface area contributed by atoms with Crippen LogP contribution in [0, 0.1) is 11.3 Å². The molecule has 0 aliphatic heterocycles. The number of unbranched alkanes of at least 4 members (excludes halogenated alkanes) is 1. The van der Waals surface area contributed by atoms with Gasteiger partial charge < -0.3 is 19.5 Å². The number of nitrogens with one attached hydrogen (secondary N) is 1. The third kappa shape index (κ3) is 13.9. The van der Waals surface area contributed by atoms with Gasteiger partial charge in [-0.05, 0) is 67.1 Å². The van der Waals surface area contributed by atoms with Crippen LogP contribution in [0.25, 0.3) is 0 Å². The Balaban J connectivity index is 4.80. The van der Waals surface area contributed by atoms with Crippen molar-refractivity contribution in [2.75, 3.05) is 25.3 Å². The lowest BCUT2D eigenvalue weighted by Gasteiger charge is -2.27. The van der Waals surface area contributed by atoms with E-state index in [2.05, 4.69) is 5.32 Å². The summed E-state index contributed by atoms with van der Waals surface area (Å²) in [7, 11) is 0. The summed E-state index contributed by atoms with van der Waals surface area (Å²) in [6.45, 7) is 10.6. The van der Waals surface area contributed by atoms with Crippen molar-refractivity contribution in [3.8, 4) is 6.07 Å². The predicted molar refractivity (Wildman–Crippen MR) is 115 cm³/mol. The lowest BCUT2D eigenvalue weighted by molar-refractivity contribution is -0.145. The van der Waals surface area contributed by atoms with Crippen LogP contribution in [-0.2, 0) is 19.0 Å². The molecule has 0 bridgehead atoms. The van der Waals surface area contributed by atoms with E-state index in [0.29, 0.717) is 25.3 Å². The number of ether oxygens (including phenoxy) is 3. The Labute approximate surface area is 183 Å². The van der Waals surface area contributed by atoms with Crippen LogP contribution in [0.1, 0.15) is 60.8 Å². The number of hydrogen-bond acceptors (Lipinski definition) is 8. The molecular formula is C20H35N3O6S. The number of carbonyl (C=O) groups excluding carboxylic acids is 3. The summed E-state index contributed by atoms with van der Waals surface area (Å²) in [6.07, 6.45) is 2.18. The molecular weight excluding hydrogens is 410 g/mol. The summed E-state index contributed by atoms with van der Waals surface area (Å²) in [4.78, 5) is 38.1. The van der Waals surface area contributed by atoms with Crippen LogP contribution in [-0.4, -0.2) is 65.6 Å². The molecule has 0 aromatic heterocycles. The summed E-state index contributed by atoms with van der Waals surface area (Å²) >= 11 is 1.50. The second-order valence-electron chi connectivity index (χ2n) is 8.62. The van der Waals surface area contributed by atoms with E-state index in [4.69, 9.17) is 19.5 Å². The van der Waals surface area contributed by atoms with Gasteiger partial charge >= 0.3 is 18.2 Å². The van der Waals surface area contributed by atoms with Gasteiger partial charge in [0.15, 0.2) is 6.61 Å². The van der Waals surface area contributed by atoms with E-state index in [0.717, 1.165) is 0 Å². The Kier molecular flexibility index (Phi) is 12.3. The molecule has 0 aliphatic rings. The van der Waals surface area contributed by atoms with E-state index >= 15 is 0 Å². The number of esters is 1. The van der Waals surface area contributed by atoms with E-state index in [1.54, 1.807) is 31.7 Å². The minimum absolute atomic E-state index is 0.283. The number of rotatable bonds is 10. The minimum atomic E-state index is -0.941. The van der Waals surface area contributed by atoms with Crippen molar-refractivity contribution in [3.63, 3.8) is 0 Å². The average Bonchev–Trinajstić information content (AvgIpc) is 2.57. The van der Waals surface area contributed by atoms with Crippen molar-refractivity contribution < 1.29 is 28.6 Å². The van der Waals surface area contributed by atoms with E-state index in [1.807, 2.05) is 27.0 Å². The molecule has 0 spiro atoms. The van der Waals surface area contributed by atoms with Crippen LogP contribution >= 0.6 is 11.8 Å². The largest absolute Gasteiger partial charge is 0.449 e. The molecule has 2 amide bonds. The number of hydrogen-bond donors (Lipinski definition) is 1. The van der Waals surface area contributed by atoms with Gasteiger partial charge in [0.2, 0.25) is 0 Å². The van der Waals surface area contributed by atoms with Crippen LogP contribution < -0.4 is 5.32 Å². The van der Waals surface area contributed by atoms with E-state index in [9.17, 15) is 14.4 Å². The molecule has 1 N–H and O–H groups in total. The molecule has 30 heavy (non-hydrogen) atoms. The summed E-state index contributed by atoms with van der Waals surface area (Å²) in [6, 6.07) is 0.784. The Morgan fingerprint density at radius 2 is 1.67 bits per heavy atom. The molecule has 0 aromatic rings. The van der Waals surface area contributed by atoms with Crippen molar-refractivity contribution in [1.29, 1.82) is 5.26 Å². The number of alkyl carbamates (subject to hydrolysis) is 1. The summed E-state index contributed by atoms with van der Waals surface area (Å²) in [5, 5.41) is 11.1. The maximum absolute atomic E-state index is 12.3. The Morgan fingerprint density at radius 1 is 1.07 bits per heavy atom. The molecule has 0 aromatic carbocycles. The topological polar surface area (TPSA) is 118 Å². The Hall–Kier alpha value is -2.15. The van der Waals surface area contributed by atoms with Gasteiger partial charge in [-0.25, -0.2) is 14.4 Å². The Bertz CT molecular complexity index is 607. The molecule has 9 nitrogen and oxygen atoms in total. The highest BCUT2D eigenvalue weighted by molar-refractivity contribution is 7.98. The van der Waals surface area contributed by atoms with Crippen molar-refractivity contribution in [2.24, 2.45) is 0 Å². The van der Waals surface area contributed by atoms with Gasteiger partial charge in [-0.2, -0.15) is 5.26 Å². The normalized spacial score (nSPS) is 12.3. The second-order valence-corrected chi connectivity index (χ2v) is 9.46. The fraction of sp³-hybridized carbons (Fsp3) is 0.800. The molecule has 1 unspecified atom stereocenters. The molecule has 0 saturated heterocycles. The highest BCUT2D eigenvalue weighted by atomic mass is 32.2. The van der Waals surface area contributed by atoms with E-state index in [1.165, 1.54) is 11.8 Å². The standard InChI is InChI=1S/C20H35N3O6S/c1-19(2,3)28-17(25)22-15(16(24)27-13-11-21)10-8-9-12-23(14-30-7)18(26)29-20(4,5)6/h15H,8-10,12-14H2,1-7H3,(H,22,25). The van der Waals surface area contributed by atoms with E-state index in [-0.39, 0.29) is 6.42 Å². The third-order valence-corrected chi connectivity index (χ3v) is 3.93. The predicted octanol–water partition coefficient (Wildman–Crippen LogP) is 3.67. The zero-order valence-electron chi connectivity index (χ0n) is 19.1. The minimum Gasteiger partial charge on any atom is -0.449 e. The van der Waals surface area contributed by atoms with Gasteiger partial charge in [-0.15, -0.1) is 11.8 Å². The highest BCUT2D eigenvalue weighted by Crippen LogP contribution is 2.14. The monoisotopic (exact) mass is 445 g/mol. The quantitative estimate of drug-likeness (QED) is 0.234. The number of nitriles is 1. The molecule has 10 heteroatoms. The van der Waals surface area contributed by atoms with Crippen LogP contribution in [0.15, 0.2) is 0 Å². The second kappa shape index (κ2) is 13.2. The first-order valence-corrected chi connectivity index (χ1v) is 11.2.